The van der Waals surface area contributed by atoms with Gasteiger partial charge in [-0.15, -0.1) is 11.3 Å². The topological polar surface area (TPSA) is 161 Å². The second-order valence-electron chi connectivity index (χ2n) is 10.9. The number of benzene rings is 2. The molecule has 0 saturated carbocycles. The average Bonchev–Trinajstić information content (AvgIpc) is 3.61. The Kier molecular flexibility index (Phi) is 8.27. The Hall–Kier alpha value is -4.42. The summed E-state index contributed by atoms with van der Waals surface area (Å²) in [5.74, 6) is -1.02. The lowest BCUT2D eigenvalue weighted by molar-refractivity contribution is 0.117. The van der Waals surface area contributed by atoms with E-state index in [0.29, 0.717) is 31.3 Å². The highest BCUT2D eigenvalue weighted by molar-refractivity contribution is 7.23. The molecule has 1 aliphatic rings. The van der Waals surface area contributed by atoms with E-state index in [9.17, 15) is 9.65 Å². The lowest BCUT2D eigenvalue weighted by atomic mass is 9.97. The van der Waals surface area contributed by atoms with Crippen molar-refractivity contribution in [3.8, 4) is 23.2 Å². The Morgan fingerprint density at radius 1 is 1.22 bits per heavy atom. The van der Waals surface area contributed by atoms with Crippen LogP contribution in [0.5, 0.6) is 6.01 Å². The van der Waals surface area contributed by atoms with Gasteiger partial charge in [0.1, 0.15) is 40.1 Å². The number of ether oxygens (including phenoxy) is 2. The highest BCUT2D eigenvalue weighted by atomic mass is 35.5. The van der Waals surface area contributed by atoms with Crippen LogP contribution in [0.25, 0.3) is 32.1 Å². The van der Waals surface area contributed by atoms with Gasteiger partial charge in [0.25, 0.3) is 0 Å². The van der Waals surface area contributed by atoms with E-state index < -0.39 is 17.7 Å². The van der Waals surface area contributed by atoms with Crippen molar-refractivity contribution in [3.05, 3.63) is 58.5 Å². The molecule has 5 aromatic rings. The van der Waals surface area contributed by atoms with Crippen LogP contribution in [-0.2, 0) is 4.74 Å². The van der Waals surface area contributed by atoms with Crippen molar-refractivity contribution in [1.82, 2.24) is 24.8 Å². The van der Waals surface area contributed by atoms with E-state index in [2.05, 4.69) is 25.3 Å². The Labute approximate surface area is 265 Å². The number of fused-ring (bicyclic) bond motifs is 2. The smallest absolute Gasteiger partial charge is 0.319 e. The number of hydrogen-bond donors (Lipinski definition) is 3. The minimum absolute atomic E-state index is 0.00460. The summed E-state index contributed by atoms with van der Waals surface area (Å²) in [4.78, 5) is 19.5. The summed E-state index contributed by atoms with van der Waals surface area (Å²) >= 11 is 7.66. The minimum Gasteiger partial charge on any atom is -0.456 e. The van der Waals surface area contributed by atoms with Crippen LogP contribution in [-0.4, -0.2) is 70.8 Å². The van der Waals surface area contributed by atoms with Crippen LogP contribution in [0.2, 0.25) is 5.02 Å². The van der Waals surface area contributed by atoms with Crippen LogP contribution < -0.4 is 21.5 Å². The first kappa shape index (κ1) is 30.6. The Morgan fingerprint density at radius 2 is 2.00 bits per heavy atom. The molecule has 0 spiro atoms. The number of nitrogens with one attached hydrogen (secondary N) is 1. The fraction of sp³-hybridized carbons (Fsp3) is 0.300. The second kappa shape index (κ2) is 12.2. The van der Waals surface area contributed by atoms with Gasteiger partial charge in [-0.1, -0.05) is 24.6 Å². The van der Waals surface area contributed by atoms with Crippen molar-refractivity contribution < 1.29 is 18.3 Å². The van der Waals surface area contributed by atoms with E-state index >= 15 is 4.39 Å². The van der Waals surface area contributed by atoms with E-state index in [1.54, 1.807) is 6.20 Å². The quantitative estimate of drug-likeness (QED) is 0.202. The molecule has 1 aliphatic heterocycles. The molecule has 5 N–H and O–H groups in total. The number of halogens is 3. The number of aromatic nitrogens is 4. The lowest BCUT2D eigenvalue weighted by Crippen LogP contribution is -2.41. The first-order chi connectivity index (χ1) is 21.6. The third kappa shape index (κ3) is 5.53. The van der Waals surface area contributed by atoms with Crippen LogP contribution in [0.1, 0.15) is 24.1 Å². The largest absolute Gasteiger partial charge is 0.456 e. The average molecular weight is 652 g/mol. The van der Waals surface area contributed by atoms with Gasteiger partial charge in [-0.3, -0.25) is 4.98 Å². The number of rotatable bonds is 8. The Morgan fingerprint density at radius 3 is 2.73 bits per heavy atom. The Bertz CT molecular complexity index is 1980. The molecule has 6 rings (SSSR count). The number of thiophene rings is 1. The van der Waals surface area contributed by atoms with Crippen molar-refractivity contribution in [2.24, 2.45) is 0 Å². The zero-order valence-electron chi connectivity index (χ0n) is 24.4. The summed E-state index contributed by atoms with van der Waals surface area (Å²) in [5.41, 5.74) is 12.8. The van der Waals surface area contributed by atoms with Crippen LogP contribution in [0.4, 0.5) is 25.4 Å². The molecule has 1 fully saturated rings. The van der Waals surface area contributed by atoms with E-state index in [0.717, 1.165) is 11.3 Å². The van der Waals surface area contributed by atoms with Crippen LogP contribution in [0.3, 0.4) is 0 Å². The number of nitrogens with zero attached hydrogens (tertiary/aromatic N) is 6. The van der Waals surface area contributed by atoms with Crippen molar-refractivity contribution >= 4 is 60.6 Å². The molecular formula is C30H28ClF2N9O2S. The standard InChI is InChI=1S/C30H28ClF2N9O2S/c1-13(24-27(35)38-7-6-37-24)10-39-29-15-8-17(31)22(14-4-5-18(32)26-21(14)16(9-34)28(36)45-26)23(33)25(15)40-30(41-29)44-20-12-43-11-19(20)42(2)3/h4-8,13,19-20H,10-12,36H2,1-3H3,(H2,35,38)(H,39,40,41)/t13-,19-,20-/m1/s1. The predicted molar refractivity (Wildman–Crippen MR) is 170 cm³/mol. The van der Waals surface area contributed by atoms with E-state index in [1.807, 2.05) is 32.0 Å². The molecule has 0 radical (unpaired) electrons. The summed E-state index contributed by atoms with van der Waals surface area (Å²) in [7, 11) is 3.82. The molecule has 3 atom stereocenters. The van der Waals surface area contributed by atoms with Crippen molar-refractivity contribution in [2.45, 2.75) is 25.0 Å². The molecule has 4 heterocycles. The van der Waals surface area contributed by atoms with Crippen LogP contribution >= 0.6 is 22.9 Å². The number of hydrogen-bond acceptors (Lipinski definition) is 12. The van der Waals surface area contributed by atoms with Crippen LogP contribution in [0, 0.1) is 23.0 Å². The SMILES string of the molecule is C[C@H](CNc1nc(O[C@@H]2COC[C@H]2N(C)C)nc2c(F)c(-c3ccc(F)c4sc(N)c(C#N)c34)c(Cl)cc12)c1nccnc1N. The molecule has 0 aliphatic carbocycles. The van der Waals surface area contributed by atoms with Gasteiger partial charge in [0.2, 0.25) is 0 Å². The number of likely N-dealkylation sites (N-methyl/N-ethyl adjacent to an activating group) is 1. The number of nitrogens with two attached hydrogens (primary N) is 2. The zero-order valence-corrected chi connectivity index (χ0v) is 26.0. The normalized spacial score (nSPS) is 17.2. The monoisotopic (exact) mass is 651 g/mol. The van der Waals surface area contributed by atoms with Gasteiger partial charge in [-0.05, 0) is 31.8 Å². The molecule has 0 bridgehead atoms. The summed E-state index contributed by atoms with van der Waals surface area (Å²) in [5, 5.41) is 13.6. The van der Waals surface area contributed by atoms with Gasteiger partial charge in [0, 0.05) is 41.2 Å². The molecule has 232 valence electrons. The lowest BCUT2D eigenvalue weighted by Gasteiger charge is -2.24. The first-order valence-corrected chi connectivity index (χ1v) is 15.1. The molecular weight excluding hydrogens is 624 g/mol. The Balaban J connectivity index is 1.50. The summed E-state index contributed by atoms with van der Waals surface area (Å²) in [6, 6.07) is 5.96. The van der Waals surface area contributed by atoms with E-state index in [-0.39, 0.29) is 71.5 Å². The second-order valence-corrected chi connectivity index (χ2v) is 12.3. The van der Waals surface area contributed by atoms with Gasteiger partial charge >= 0.3 is 6.01 Å². The highest BCUT2D eigenvalue weighted by Crippen LogP contribution is 2.45. The summed E-state index contributed by atoms with van der Waals surface area (Å²) in [6.45, 7) is 2.97. The van der Waals surface area contributed by atoms with Gasteiger partial charge in [-0.2, -0.15) is 15.2 Å². The van der Waals surface area contributed by atoms with Crippen molar-refractivity contribution in [2.75, 3.05) is 50.6 Å². The molecule has 15 heteroatoms. The van der Waals surface area contributed by atoms with Gasteiger partial charge < -0.3 is 31.2 Å². The molecule has 11 nitrogen and oxygen atoms in total. The fourth-order valence-corrected chi connectivity index (χ4v) is 6.70. The first-order valence-electron chi connectivity index (χ1n) is 13.9. The molecule has 0 amide bonds. The van der Waals surface area contributed by atoms with Crippen molar-refractivity contribution in [1.29, 1.82) is 5.26 Å². The molecule has 3 aromatic heterocycles. The van der Waals surface area contributed by atoms with Gasteiger partial charge in [0.15, 0.2) is 5.82 Å². The molecule has 0 unspecified atom stereocenters. The van der Waals surface area contributed by atoms with E-state index in [1.165, 1.54) is 24.4 Å². The van der Waals surface area contributed by atoms with Crippen LogP contribution in [0.15, 0.2) is 30.6 Å². The summed E-state index contributed by atoms with van der Waals surface area (Å²) < 4.78 is 43.5. The fourth-order valence-electron chi connectivity index (χ4n) is 5.46. The maximum Gasteiger partial charge on any atom is 0.319 e. The predicted octanol–water partition coefficient (Wildman–Crippen LogP) is 5.19. The summed E-state index contributed by atoms with van der Waals surface area (Å²) in [6.07, 6.45) is 2.65. The minimum atomic E-state index is -0.799. The number of nitrogen functional groups attached to an aromatic ring is 2. The maximum atomic E-state index is 16.8. The highest BCUT2D eigenvalue weighted by Gasteiger charge is 2.33. The van der Waals surface area contributed by atoms with Crippen molar-refractivity contribution in [3.63, 3.8) is 0 Å². The maximum absolute atomic E-state index is 16.8. The molecule has 1 saturated heterocycles. The molecule has 45 heavy (non-hydrogen) atoms. The third-order valence-corrected chi connectivity index (χ3v) is 9.11. The van der Waals surface area contributed by atoms with Gasteiger partial charge in [0.05, 0.1) is 40.2 Å². The van der Waals surface area contributed by atoms with Gasteiger partial charge in [-0.25, -0.2) is 13.8 Å². The molecule has 2 aromatic carbocycles. The zero-order chi connectivity index (χ0) is 32.0. The van der Waals surface area contributed by atoms with E-state index in [4.69, 9.17) is 32.5 Å². The third-order valence-electron chi connectivity index (χ3n) is 7.78. The number of anilines is 3. The number of nitriles is 1.